The molecule has 0 radical (unpaired) electrons. The zero-order valence-corrected chi connectivity index (χ0v) is 21.1. The van der Waals surface area contributed by atoms with E-state index < -0.39 is 10.0 Å². The summed E-state index contributed by atoms with van der Waals surface area (Å²) in [7, 11) is -3.52. The Bertz CT molecular complexity index is 1260. The number of aryl methyl sites for hydroxylation is 1. The van der Waals surface area contributed by atoms with Crippen molar-refractivity contribution < 1.29 is 8.42 Å². The molecule has 1 aliphatic heterocycles. The van der Waals surface area contributed by atoms with E-state index in [-0.39, 0.29) is 5.41 Å². The maximum Gasteiger partial charge on any atom is 0.240 e. The van der Waals surface area contributed by atoms with Crippen LogP contribution < -0.4 is 10.0 Å². The molecule has 33 heavy (non-hydrogen) atoms. The Morgan fingerprint density at radius 1 is 1.03 bits per heavy atom. The smallest absolute Gasteiger partial charge is 0.240 e. The van der Waals surface area contributed by atoms with Gasteiger partial charge in [-0.3, -0.25) is 0 Å². The SMILES string of the molecule is CC1c2ccccc2CCC2Nc3ccccc3[C@@]21CCCNS(=O)(=O)c1ccc(Br)cc1. The van der Waals surface area contributed by atoms with Crippen molar-refractivity contribution in [1.29, 1.82) is 0 Å². The van der Waals surface area contributed by atoms with E-state index in [0.29, 0.717) is 23.4 Å². The minimum absolute atomic E-state index is 0.0632. The van der Waals surface area contributed by atoms with E-state index >= 15 is 0 Å². The minimum atomic E-state index is -3.52. The molecular weight excluding hydrogens is 496 g/mol. The number of hydrogen-bond acceptors (Lipinski definition) is 3. The van der Waals surface area contributed by atoms with Gasteiger partial charge in [0, 0.05) is 28.2 Å². The van der Waals surface area contributed by atoms with E-state index in [1.165, 1.54) is 22.4 Å². The molecule has 2 unspecified atom stereocenters. The fourth-order valence-electron chi connectivity index (χ4n) is 5.96. The maximum absolute atomic E-state index is 12.8. The van der Waals surface area contributed by atoms with Crippen molar-refractivity contribution in [3.63, 3.8) is 0 Å². The molecule has 3 aromatic carbocycles. The second-order valence-corrected chi connectivity index (χ2v) is 11.9. The summed E-state index contributed by atoms with van der Waals surface area (Å²) < 4.78 is 29.2. The highest BCUT2D eigenvalue weighted by molar-refractivity contribution is 9.10. The molecule has 2 N–H and O–H groups in total. The Kier molecular flexibility index (Phi) is 6.10. The predicted molar refractivity (Wildman–Crippen MR) is 137 cm³/mol. The number of anilines is 1. The third-order valence-electron chi connectivity index (χ3n) is 7.56. The van der Waals surface area contributed by atoms with Gasteiger partial charge in [-0.1, -0.05) is 65.3 Å². The first-order chi connectivity index (χ1) is 15.9. The largest absolute Gasteiger partial charge is 0.381 e. The summed E-state index contributed by atoms with van der Waals surface area (Å²) in [6, 6.07) is 24.6. The molecule has 1 aliphatic carbocycles. The Morgan fingerprint density at radius 3 is 2.58 bits per heavy atom. The molecule has 0 saturated carbocycles. The van der Waals surface area contributed by atoms with Gasteiger partial charge >= 0.3 is 0 Å². The molecule has 0 amide bonds. The molecule has 0 spiro atoms. The monoisotopic (exact) mass is 524 g/mol. The zero-order valence-electron chi connectivity index (χ0n) is 18.7. The van der Waals surface area contributed by atoms with Crippen LogP contribution in [0.25, 0.3) is 0 Å². The van der Waals surface area contributed by atoms with Gasteiger partial charge in [-0.15, -0.1) is 0 Å². The summed E-state index contributed by atoms with van der Waals surface area (Å²) in [6.45, 7) is 2.77. The summed E-state index contributed by atoms with van der Waals surface area (Å²) in [6.07, 6.45) is 3.82. The van der Waals surface area contributed by atoms with Crippen molar-refractivity contribution in [1.82, 2.24) is 4.72 Å². The standard InChI is InChI=1S/C27H29BrN2O2S/c1-19-23-8-3-2-7-20(23)11-16-26-27(19,24-9-4-5-10-25(24)30-26)17-6-18-29-33(31,32)22-14-12-21(28)13-15-22/h2-5,7-10,12-15,19,26,29-30H,6,11,16-18H2,1H3/t19?,26?,27-/m0/s1. The van der Waals surface area contributed by atoms with Crippen molar-refractivity contribution in [2.75, 3.05) is 11.9 Å². The van der Waals surface area contributed by atoms with Gasteiger partial charge < -0.3 is 5.32 Å². The molecule has 0 fully saturated rings. The van der Waals surface area contributed by atoms with Gasteiger partial charge in [0.25, 0.3) is 0 Å². The number of para-hydroxylation sites is 1. The number of rotatable bonds is 6. The van der Waals surface area contributed by atoms with Crippen molar-refractivity contribution >= 4 is 31.6 Å². The molecule has 172 valence electrons. The van der Waals surface area contributed by atoms with E-state index in [1.54, 1.807) is 24.3 Å². The maximum atomic E-state index is 12.8. The van der Waals surface area contributed by atoms with Crippen molar-refractivity contribution in [2.24, 2.45) is 0 Å². The van der Waals surface area contributed by atoms with E-state index in [9.17, 15) is 8.42 Å². The number of nitrogens with one attached hydrogen (secondary N) is 2. The average Bonchev–Trinajstić information content (AvgIpc) is 3.09. The van der Waals surface area contributed by atoms with Crippen LogP contribution >= 0.6 is 15.9 Å². The quantitative estimate of drug-likeness (QED) is 0.389. The molecule has 4 nitrogen and oxygen atoms in total. The number of benzene rings is 3. The molecule has 0 bridgehead atoms. The van der Waals surface area contributed by atoms with Gasteiger partial charge in [-0.05, 0) is 78.6 Å². The first-order valence-electron chi connectivity index (χ1n) is 11.6. The van der Waals surface area contributed by atoms with Crippen LogP contribution in [0.1, 0.15) is 48.8 Å². The predicted octanol–water partition coefficient (Wildman–Crippen LogP) is 5.99. The normalized spacial score (nSPS) is 23.7. The van der Waals surface area contributed by atoms with Crippen molar-refractivity contribution in [3.05, 3.63) is 94.0 Å². The second-order valence-electron chi connectivity index (χ2n) is 9.20. The van der Waals surface area contributed by atoms with E-state index in [1.807, 2.05) is 0 Å². The van der Waals surface area contributed by atoms with Crippen LogP contribution in [-0.2, 0) is 21.9 Å². The molecule has 3 atom stereocenters. The van der Waals surface area contributed by atoms with Crippen LogP contribution in [0.15, 0.2) is 82.2 Å². The van der Waals surface area contributed by atoms with Gasteiger partial charge in [-0.2, -0.15) is 0 Å². The lowest BCUT2D eigenvalue weighted by Crippen LogP contribution is -2.43. The topological polar surface area (TPSA) is 58.2 Å². The Morgan fingerprint density at radius 2 is 1.76 bits per heavy atom. The van der Waals surface area contributed by atoms with Gasteiger partial charge in [0.05, 0.1) is 4.90 Å². The highest BCUT2D eigenvalue weighted by atomic mass is 79.9. The Labute approximate surface area is 205 Å². The Balaban J connectivity index is 1.41. The lowest BCUT2D eigenvalue weighted by molar-refractivity contribution is 0.292. The molecule has 1 heterocycles. The fraction of sp³-hybridized carbons (Fsp3) is 0.333. The summed E-state index contributed by atoms with van der Waals surface area (Å²) in [5.74, 6) is 0.334. The van der Waals surface area contributed by atoms with Crippen molar-refractivity contribution in [3.8, 4) is 0 Å². The number of halogens is 1. The summed E-state index contributed by atoms with van der Waals surface area (Å²) in [5.41, 5.74) is 5.40. The van der Waals surface area contributed by atoms with Crippen LogP contribution in [0, 0.1) is 0 Å². The fourth-order valence-corrected chi connectivity index (χ4v) is 7.29. The third-order valence-corrected chi connectivity index (χ3v) is 9.57. The number of sulfonamides is 1. The lowest BCUT2D eigenvalue weighted by atomic mass is 9.63. The Hall–Kier alpha value is -2.15. The molecule has 0 aromatic heterocycles. The zero-order chi connectivity index (χ0) is 23.1. The molecular formula is C27H29BrN2O2S. The molecule has 2 aliphatic rings. The van der Waals surface area contributed by atoms with Gasteiger partial charge in [0.2, 0.25) is 10.0 Å². The number of fused-ring (bicyclic) bond motifs is 4. The third kappa shape index (κ3) is 4.02. The first kappa shape index (κ1) is 22.6. The average molecular weight is 526 g/mol. The highest BCUT2D eigenvalue weighted by Crippen LogP contribution is 2.55. The molecule has 6 heteroatoms. The minimum Gasteiger partial charge on any atom is -0.381 e. The molecule has 5 rings (SSSR count). The molecule has 3 aromatic rings. The van der Waals surface area contributed by atoms with Gasteiger partial charge in [-0.25, -0.2) is 13.1 Å². The molecule has 0 saturated heterocycles. The van der Waals surface area contributed by atoms with E-state index in [0.717, 1.165) is 30.2 Å². The second kappa shape index (κ2) is 8.90. The number of hydrogen-bond donors (Lipinski definition) is 2. The first-order valence-corrected chi connectivity index (χ1v) is 13.9. The van der Waals surface area contributed by atoms with E-state index in [2.05, 4.69) is 81.4 Å². The van der Waals surface area contributed by atoms with Gasteiger partial charge in [0.1, 0.15) is 0 Å². The highest BCUT2D eigenvalue weighted by Gasteiger charge is 2.51. The van der Waals surface area contributed by atoms with Crippen LogP contribution in [-0.4, -0.2) is 21.0 Å². The van der Waals surface area contributed by atoms with Crippen LogP contribution in [0.3, 0.4) is 0 Å². The van der Waals surface area contributed by atoms with Crippen LogP contribution in [0.5, 0.6) is 0 Å². The van der Waals surface area contributed by atoms with E-state index in [4.69, 9.17) is 0 Å². The van der Waals surface area contributed by atoms with Crippen LogP contribution in [0.4, 0.5) is 5.69 Å². The summed E-state index contributed by atoms with van der Waals surface area (Å²) >= 11 is 3.36. The summed E-state index contributed by atoms with van der Waals surface area (Å²) in [4.78, 5) is 0.298. The summed E-state index contributed by atoms with van der Waals surface area (Å²) in [5, 5.41) is 3.83. The lowest BCUT2D eigenvalue weighted by Gasteiger charge is -2.40. The van der Waals surface area contributed by atoms with Crippen molar-refractivity contribution in [2.45, 2.75) is 54.9 Å². The van der Waals surface area contributed by atoms with Gasteiger partial charge in [0.15, 0.2) is 0 Å². The van der Waals surface area contributed by atoms with Crippen LogP contribution in [0.2, 0.25) is 0 Å².